The molecule has 0 heterocycles. The number of nitro benzene ring substituents is 1. The van der Waals surface area contributed by atoms with Gasteiger partial charge in [0.15, 0.2) is 5.57 Å². The third kappa shape index (κ3) is 3.29. The summed E-state index contributed by atoms with van der Waals surface area (Å²) < 4.78 is 0.284. The van der Waals surface area contributed by atoms with Crippen LogP contribution in [0.15, 0.2) is 33.9 Å². The molecular formula is C11H4BrN5O2. The molecule has 0 aromatic heterocycles. The maximum atomic E-state index is 10.7. The normalized spacial score (nSPS) is 8.53. The van der Waals surface area contributed by atoms with Crippen LogP contribution in [0.25, 0.3) is 0 Å². The predicted octanol–water partition coefficient (Wildman–Crippen LogP) is 2.59. The van der Waals surface area contributed by atoms with Crippen LogP contribution in [0.4, 0.5) is 11.4 Å². The van der Waals surface area contributed by atoms with Crippen molar-refractivity contribution >= 4 is 27.3 Å². The van der Waals surface area contributed by atoms with Crippen molar-refractivity contribution in [3.05, 3.63) is 44.1 Å². The van der Waals surface area contributed by atoms with Gasteiger partial charge in [0, 0.05) is 11.8 Å². The van der Waals surface area contributed by atoms with Crippen molar-refractivity contribution in [2.75, 3.05) is 5.32 Å². The van der Waals surface area contributed by atoms with Crippen LogP contribution < -0.4 is 5.32 Å². The number of rotatable bonds is 3. The third-order valence-corrected chi connectivity index (χ3v) is 2.67. The standard InChI is InChI=1S/C11H4BrN5O2/c12-9-2-1-8(3-11(9)17(18)19)16-10(6-15)7(4-13)5-14/h1-3,16H. The number of hydrogen-bond donors (Lipinski definition) is 1. The van der Waals surface area contributed by atoms with Crippen molar-refractivity contribution < 1.29 is 4.92 Å². The summed E-state index contributed by atoms with van der Waals surface area (Å²) in [4.78, 5) is 10.1. The Morgan fingerprint density at radius 2 is 1.89 bits per heavy atom. The van der Waals surface area contributed by atoms with Gasteiger partial charge in [-0.2, -0.15) is 15.8 Å². The van der Waals surface area contributed by atoms with Gasteiger partial charge in [0.25, 0.3) is 5.69 Å². The van der Waals surface area contributed by atoms with E-state index < -0.39 is 10.5 Å². The SMILES string of the molecule is N#CC(C#N)=C(C#N)Nc1ccc(Br)c([N+](=O)[O-])c1. The lowest BCUT2D eigenvalue weighted by atomic mass is 10.2. The van der Waals surface area contributed by atoms with Crippen molar-refractivity contribution in [2.24, 2.45) is 0 Å². The van der Waals surface area contributed by atoms with E-state index in [-0.39, 0.29) is 21.5 Å². The Morgan fingerprint density at radius 1 is 1.26 bits per heavy atom. The summed E-state index contributed by atoms with van der Waals surface area (Å²) in [6.45, 7) is 0. The number of nitrogens with zero attached hydrogens (tertiary/aromatic N) is 4. The first-order chi connectivity index (χ1) is 9.03. The first-order valence-electron chi connectivity index (χ1n) is 4.69. The number of nitrogens with one attached hydrogen (secondary N) is 1. The van der Waals surface area contributed by atoms with E-state index in [1.807, 2.05) is 0 Å². The minimum Gasteiger partial charge on any atom is -0.345 e. The molecule has 0 unspecified atom stereocenters. The number of nitro groups is 1. The smallest absolute Gasteiger partial charge is 0.285 e. The minimum absolute atomic E-state index is 0.197. The van der Waals surface area contributed by atoms with Gasteiger partial charge >= 0.3 is 0 Å². The Bertz CT molecular complexity index is 675. The molecule has 8 heteroatoms. The average molecular weight is 318 g/mol. The highest BCUT2D eigenvalue weighted by Gasteiger charge is 2.13. The maximum absolute atomic E-state index is 10.7. The second-order valence-corrected chi connectivity index (χ2v) is 3.99. The Balaban J connectivity index is 3.22. The summed E-state index contributed by atoms with van der Waals surface area (Å²) in [7, 11) is 0. The highest BCUT2D eigenvalue weighted by molar-refractivity contribution is 9.10. The lowest BCUT2D eigenvalue weighted by Crippen LogP contribution is -2.01. The zero-order valence-corrected chi connectivity index (χ0v) is 10.8. The summed E-state index contributed by atoms with van der Waals surface area (Å²) >= 11 is 3.02. The van der Waals surface area contributed by atoms with E-state index >= 15 is 0 Å². The fourth-order valence-electron chi connectivity index (χ4n) is 1.16. The maximum Gasteiger partial charge on any atom is 0.285 e. The summed E-state index contributed by atoms with van der Waals surface area (Å²) in [5.41, 5.74) is -0.623. The molecular weight excluding hydrogens is 314 g/mol. The molecule has 0 atom stereocenters. The number of benzene rings is 1. The zero-order valence-electron chi connectivity index (χ0n) is 9.22. The van der Waals surface area contributed by atoms with E-state index in [2.05, 4.69) is 21.2 Å². The van der Waals surface area contributed by atoms with E-state index in [1.54, 1.807) is 18.2 Å². The molecule has 1 aromatic rings. The molecule has 0 saturated carbocycles. The third-order valence-electron chi connectivity index (χ3n) is 2.00. The molecule has 92 valence electrons. The molecule has 0 aliphatic rings. The molecule has 0 radical (unpaired) electrons. The number of allylic oxidation sites excluding steroid dienone is 2. The summed E-state index contributed by atoms with van der Waals surface area (Å²) in [6.07, 6.45) is 0. The molecule has 0 aliphatic heterocycles. The van der Waals surface area contributed by atoms with Crippen LogP contribution in [0.3, 0.4) is 0 Å². The lowest BCUT2D eigenvalue weighted by molar-refractivity contribution is -0.385. The van der Waals surface area contributed by atoms with Gasteiger partial charge in [0.1, 0.15) is 23.9 Å². The van der Waals surface area contributed by atoms with Gasteiger partial charge in [-0.05, 0) is 28.1 Å². The monoisotopic (exact) mass is 317 g/mol. The second kappa shape index (κ2) is 6.15. The molecule has 0 amide bonds. The molecule has 0 aliphatic carbocycles. The molecule has 0 spiro atoms. The van der Waals surface area contributed by atoms with E-state index in [1.165, 1.54) is 18.2 Å². The Hall–Kier alpha value is -2.89. The Morgan fingerprint density at radius 3 is 2.37 bits per heavy atom. The van der Waals surface area contributed by atoms with Gasteiger partial charge in [-0.25, -0.2) is 0 Å². The van der Waals surface area contributed by atoms with Gasteiger partial charge < -0.3 is 5.32 Å². The predicted molar refractivity (Wildman–Crippen MR) is 68.3 cm³/mol. The van der Waals surface area contributed by atoms with Crippen LogP contribution in [0, 0.1) is 44.1 Å². The van der Waals surface area contributed by atoms with Crippen molar-refractivity contribution in [2.45, 2.75) is 0 Å². The summed E-state index contributed by atoms with van der Waals surface area (Å²) in [5, 5.41) is 39.4. The van der Waals surface area contributed by atoms with Gasteiger partial charge in [-0.3, -0.25) is 10.1 Å². The topological polar surface area (TPSA) is 127 Å². The molecule has 1 rings (SSSR count). The Labute approximate surface area is 116 Å². The Kier molecular flexibility index (Phi) is 4.59. The first-order valence-corrected chi connectivity index (χ1v) is 5.48. The lowest BCUT2D eigenvalue weighted by Gasteiger charge is -2.05. The largest absolute Gasteiger partial charge is 0.345 e. The van der Waals surface area contributed by atoms with Gasteiger partial charge in [-0.15, -0.1) is 0 Å². The van der Waals surface area contributed by atoms with E-state index in [0.717, 1.165) is 0 Å². The molecule has 0 bridgehead atoms. The van der Waals surface area contributed by atoms with E-state index in [9.17, 15) is 10.1 Å². The van der Waals surface area contributed by atoms with Gasteiger partial charge in [-0.1, -0.05) is 0 Å². The zero-order chi connectivity index (χ0) is 14.4. The van der Waals surface area contributed by atoms with Crippen molar-refractivity contribution in [1.29, 1.82) is 15.8 Å². The first kappa shape index (κ1) is 14.2. The molecule has 1 aromatic carbocycles. The van der Waals surface area contributed by atoms with Crippen molar-refractivity contribution in [1.82, 2.24) is 0 Å². The van der Waals surface area contributed by atoms with Crippen LogP contribution in [0.5, 0.6) is 0 Å². The molecule has 0 fully saturated rings. The van der Waals surface area contributed by atoms with Crippen molar-refractivity contribution in [3.63, 3.8) is 0 Å². The summed E-state index contributed by atoms with van der Waals surface area (Å²) in [5.74, 6) is 0. The van der Waals surface area contributed by atoms with Crippen molar-refractivity contribution in [3.8, 4) is 18.2 Å². The minimum atomic E-state index is -0.597. The highest BCUT2D eigenvalue weighted by Crippen LogP contribution is 2.28. The van der Waals surface area contributed by atoms with Crippen LogP contribution >= 0.6 is 15.9 Å². The number of anilines is 1. The molecule has 1 N–H and O–H groups in total. The quantitative estimate of drug-likeness (QED) is 0.518. The van der Waals surface area contributed by atoms with Crippen LogP contribution in [0.1, 0.15) is 0 Å². The summed E-state index contributed by atoms with van der Waals surface area (Å²) in [6, 6.07) is 8.87. The van der Waals surface area contributed by atoms with Crippen LogP contribution in [-0.4, -0.2) is 4.92 Å². The number of hydrogen-bond acceptors (Lipinski definition) is 6. The molecule has 0 saturated heterocycles. The molecule has 7 nitrogen and oxygen atoms in total. The molecule has 19 heavy (non-hydrogen) atoms. The van der Waals surface area contributed by atoms with Crippen LogP contribution in [-0.2, 0) is 0 Å². The fourth-order valence-corrected chi connectivity index (χ4v) is 1.55. The number of halogens is 1. The average Bonchev–Trinajstić information content (AvgIpc) is 2.40. The van der Waals surface area contributed by atoms with E-state index in [4.69, 9.17) is 15.8 Å². The van der Waals surface area contributed by atoms with E-state index in [0.29, 0.717) is 0 Å². The van der Waals surface area contributed by atoms with Gasteiger partial charge in [0.2, 0.25) is 0 Å². The highest BCUT2D eigenvalue weighted by atomic mass is 79.9. The second-order valence-electron chi connectivity index (χ2n) is 3.13. The van der Waals surface area contributed by atoms with Gasteiger partial charge in [0.05, 0.1) is 9.40 Å². The fraction of sp³-hybridized carbons (Fsp3) is 0. The number of nitriles is 3. The van der Waals surface area contributed by atoms with Crippen LogP contribution in [0.2, 0.25) is 0 Å².